The Balaban J connectivity index is 1.59. The predicted molar refractivity (Wildman–Crippen MR) is 124 cm³/mol. The first-order chi connectivity index (χ1) is 14.9. The molecule has 1 N–H and O–H groups in total. The second-order valence-electron chi connectivity index (χ2n) is 9.37. The number of anilines is 1. The van der Waals surface area contributed by atoms with Gasteiger partial charge in [-0.1, -0.05) is 18.2 Å². The summed E-state index contributed by atoms with van der Waals surface area (Å²) in [6, 6.07) is 13.8. The monoisotopic (exact) mass is 420 g/mol. The number of rotatable bonds is 5. The van der Waals surface area contributed by atoms with Crippen molar-refractivity contribution in [2.24, 2.45) is 0 Å². The summed E-state index contributed by atoms with van der Waals surface area (Å²) in [7, 11) is 1.68. The third kappa shape index (κ3) is 4.74. The summed E-state index contributed by atoms with van der Waals surface area (Å²) >= 11 is 0. The molecule has 0 spiro atoms. The van der Waals surface area contributed by atoms with Crippen LogP contribution in [0.2, 0.25) is 0 Å². The number of hydrogen-bond donors (Lipinski definition) is 1. The number of likely N-dealkylation sites (tertiary alicyclic amines) is 1. The SMILES string of the molecule is COCc1ccc(C(=O)N2CCCC(c3nc4ccccn4c3NC(C)(C)C)C2)cc1. The average Bonchev–Trinajstić information content (AvgIpc) is 3.11. The molecule has 31 heavy (non-hydrogen) atoms. The number of hydrogen-bond acceptors (Lipinski definition) is 4. The molecule has 2 aromatic heterocycles. The molecule has 1 unspecified atom stereocenters. The molecule has 1 aliphatic rings. The van der Waals surface area contributed by atoms with Crippen molar-refractivity contribution >= 4 is 17.4 Å². The fraction of sp³-hybridized carbons (Fsp3) is 0.440. The minimum absolute atomic E-state index is 0.0859. The maximum atomic E-state index is 13.2. The molecule has 3 aromatic rings. The number of benzene rings is 1. The van der Waals surface area contributed by atoms with Crippen LogP contribution in [0, 0.1) is 0 Å². The summed E-state index contributed by atoms with van der Waals surface area (Å²) in [6.45, 7) is 8.48. The molecule has 4 rings (SSSR count). The number of ether oxygens (including phenoxy) is 1. The van der Waals surface area contributed by atoms with E-state index in [0.717, 1.165) is 47.7 Å². The largest absolute Gasteiger partial charge is 0.380 e. The van der Waals surface area contributed by atoms with Gasteiger partial charge in [0.15, 0.2) is 0 Å². The summed E-state index contributed by atoms with van der Waals surface area (Å²) < 4.78 is 7.29. The molecule has 0 aliphatic carbocycles. The lowest BCUT2D eigenvalue weighted by Crippen LogP contribution is -2.39. The predicted octanol–water partition coefficient (Wildman–Crippen LogP) is 4.71. The number of carbonyl (C=O) groups is 1. The zero-order valence-electron chi connectivity index (χ0n) is 18.9. The highest BCUT2D eigenvalue weighted by Crippen LogP contribution is 2.34. The third-order valence-corrected chi connectivity index (χ3v) is 5.66. The number of methoxy groups -OCH3 is 1. The fourth-order valence-electron chi connectivity index (χ4n) is 4.26. The molecule has 1 amide bonds. The molecule has 1 aliphatic heterocycles. The van der Waals surface area contributed by atoms with Crippen LogP contribution in [0.4, 0.5) is 5.82 Å². The summed E-state index contributed by atoms with van der Waals surface area (Å²) in [5.41, 5.74) is 3.69. The van der Waals surface area contributed by atoms with Gasteiger partial charge in [-0.2, -0.15) is 0 Å². The van der Waals surface area contributed by atoms with E-state index in [1.807, 2.05) is 53.6 Å². The van der Waals surface area contributed by atoms with Gasteiger partial charge < -0.3 is 15.0 Å². The first-order valence-electron chi connectivity index (χ1n) is 11.0. The third-order valence-electron chi connectivity index (χ3n) is 5.66. The molecule has 1 saturated heterocycles. The zero-order chi connectivity index (χ0) is 22.0. The Labute approximate surface area is 184 Å². The molecule has 0 radical (unpaired) electrons. The van der Waals surface area contributed by atoms with Crippen LogP contribution in [-0.2, 0) is 11.3 Å². The fourth-order valence-corrected chi connectivity index (χ4v) is 4.26. The maximum absolute atomic E-state index is 13.2. The van der Waals surface area contributed by atoms with E-state index in [4.69, 9.17) is 9.72 Å². The lowest BCUT2D eigenvalue weighted by Gasteiger charge is -2.33. The molecule has 0 saturated carbocycles. The number of pyridine rings is 1. The number of imidazole rings is 1. The van der Waals surface area contributed by atoms with Crippen LogP contribution in [-0.4, -0.2) is 45.9 Å². The lowest BCUT2D eigenvalue weighted by molar-refractivity contribution is 0.0706. The Morgan fingerprint density at radius 3 is 2.68 bits per heavy atom. The van der Waals surface area contributed by atoms with Crippen molar-refractivity contribution < 1.29 is 9.53 Å². The maximum Gasteiger partial charge on any atom is 0.253 e. The van der Waals surface area contributed by atoms with Crippen LogP contribution < -0.4 is 5.32 Å². The standard InChI is InChI=1S/C25H32N4O2/c1-25(2,3)27-23-22(26-21-9-5-6-15-29(21)23)20-8-7-14-28(16-20)24(30)19-12-10-18(11-13-19)17-31-4/h5-6,9-13,15,20,27H,7-8,14,16-17H2,1-4H3. The number of piperidine rings is 1. The summed E-state index contributed by atoms with van der Waals surface area (Å²) in [4.78, 5) is 20.1. The van der Waals surface area contributed by atoms with Gasteiger partial charge in [0.2, 0.25) is 0 Å². The van der Waals surface area contributed by atoms with Crippen LogP contribution in [0.5, 0.6) is 0 Å². The molecule has 1 aromatic carbocycles. The van der Waals surface area contributed by atoms with E-state index < -0.39 is 0 Å². The molecular formula is C25H32N4O2. The van der Waals surface area contributed by atoms with Crippen LogP contribution in [0.3, 0.4) is 0 Å². The summed E-state index contributed by atoms with van der Waals surface area (Å²) in [5.74, 6) is 1.32. The smallest absolute Gasteiger partial charge is 0.253 e. The van der Waals surface area contributed by atoms with Crippen molar-refractivity contribution in [3.63, 3.8) is 0 Å². The Morgan fingerprint density at radius 1 is 1.19 bits per heavy atom. The zero-order valence-corrected chi connectivity index (χ0v) is 18.9. The minimum Gasteiger partial charge on any atom is -0.380 e. The first kappa shape index (κ1) is 21.4. The van der Waals surface area contributed by atoms with E-state index in [1.165, 1.54) is 0 Å². The topological polar surface area (TPSA) is 58.9 Å². The molecule has 0 bridgehead atoms. The highest BCUT2D eigenvalue weighted by Gasteiger charge is 2.30. The second-order valence-corrected chi connectivity index (χ2v) is 9.37. The van der Waals surface area contributed by atoms with E-state index in [1.54, 1.807) is 7.11 Å². The molecule has 6 heteroatoms. The average molecular weight is 421 g/mol. The quantitative estimate of drug-likeness (QED) is 0.649. The number of nitrogens with one attached hydrogen (secondary N) is 1. The van der Waals surface area contributed by atoms with Crippen LogP contribution >= 0.6 is 0 Å². The van der Waals surface area contributed by atoms with E-state index in [2.05, 4.69) is 30.5 Å². The Kier molecular flexibility index (Phi) is 6.01. The van der Waals surface area contributed by atoms with Gasteiger partial charge in [0.05, 0.1) is 12.3 Å². The van der Waals surface area contributed by atoms with Crippen molar-refractivity contribution in [3.8, 4) is 0 Å². The van der Waals surface area contributed by atoms with Crippen molar-refractivity contribution in [1.82, 2.24) is 14.3 Å². The second kappa shape index (κ2) is 8.71. The van der Waals surface area contributed by atoms with Crippen molar-refractivity contribution in [3.05, 3.63) is 65.5 Å². The Bertz CT molecular complexity index is 1050. The van der Waals surface area contributed by atoms with E-state index >= 15 is 0 Å². The molecule has 3 heterocycles. The number of fused-ring (bicyclic) bond motifs is 1. The summed E-state index contributed by atoms with van der Waals surface area (Å²) in [5, 5.41) is 3.65. The summed E-state index contributed by atoms with van der Waals surface area (Å²) in [6.07, 6.45) is 4.05. The minimum atomic E-state index is -0.0886. The van der Waals surface area contributed by atoms with E-state index in [0.29, 0.717) is 13.2 Å². The van der Waals surface area contributed by atoms with Gasteiger partial charge in [0.25, 0.3) is 5.91 Å². The van der Waals surface area contributed by atoms with Gasteiger partial charge in [-0.05, 0) is 63.4 Å². The lowest BCUT2D eigenvalue weighted by atomic mass is 9.93. The number of aromatic nitrogens is 2. The molecule has 6 nitrogen and oxygen atoms in total. The normalized spacial score (nSPS) is 17.2. The number of nitrogens with zero attached hydrogens (tertiary/aromatic N) is 3. The molecular weight excluding hydrogens is 388 g/mol. The van der Waals surface area contributed by atoms with Crippen molar-refractivity contribution in [2.45, 2.75) is 51.7 Å². The van der Waals surface area contributed by atoms with E-state index in [-0.39, 0.29) is 17.4 Å². The molecule has 1 fully saturated rings. The van der Waals surface area contributed by atoms with Gasteiger partial charge in [-0.3, -0.25) is 9.20 Å². The van der Waals surface area contributed by atoms with E-state index in [9.17, 15) is 4.79 Å². The highest BCUT2D eigenvalue weighted by atomic mass is 16.5. The van der Waals surface area contributed by atoms with Crippen LogP contribution in [0.1, 0.15) is 61.1 Å². The number of carbonyl (C=O) groups excluding carboxylic acids is 1. The van der Waals surface area contributed by atoms with Crippen LogP contribution in [0.25, 0.3) is 5.65 Å². The van der Waals surface area contributed by atoms with Gasteiger partial charge in [-0.15, -0.1) is 0 Å². The van der Waals surface area contributed by atoms with Gasteiger partial charge in [-0.25, -0.2) is 4.98 Å². The number of amides is 1. The van der Waals surface area contributed by atoms with Gasteiger partial charge in [0.1, 0.15) is 11.5 Å². The Hall–Kier alpha value is -2.86. The van der Waals surface area contributed by atoms with Crippen molar-refractivity contribution in [1.29, 1.82) is 0 Å². The van der Waals surface area contributed by atoms with Crippen molar-refractivity contribution in [2.75, 3.05) is 25.5 Å². The molecule has 164 valence electrons. The van der Waals surface area contributed by atoms with Gasteiger partial charge >= 0.3 is 0 Å². The van der Waals surface area contributed by atoms with Crippen LogP contribution in [0.15, 0.2) is 48.7 Å². The van der Waals surface area contributed by atoms with Gasteiger partial charge in [0, 0.05) is 43.4 Å². The first-order valence-corrected chi connectivity index (χ1v) is 11.0. The Morgan fingerprint density at radius 2 is 1.97 bits per heavy atom. The molecule has 1 atom stereocenters. The highest BCUT2D eigenvalue weighted by molar-refractivity contribution is 5.94.